The molecule has 45 heavy (non-hydrogen) atoms. The van der Waals surface area contributed by atoms with E-state index < -0.39 is 28.2 Å². The van der Waals surface area contributed by atoms with Crippen LogP contribution in [-0.4, -0.2) is 54.1 Å². The Kier molecular flexibility index (Phi) is 9.87. The highest BCUT2D eigenvalue weighted by atomic mass is 32.2. The van der Waals surface area contributed by atoms with Crippen LogP contribution in [-0.2, 0) is 32.6 Å². The molecule has 2 N–H and O–H groups in total. The van der Waals surface area contributed by atoms with Crippen LogP contribution in [0.25, 0.3) is 11.1 Å². The van der Waals surface area contributed by atoms with Crippen LogP contribution in [0.1, 0.15) is 47.9 Å². The third-order valence-electron chi connectivity index (χ3n) is 7.97. The Balaban J connectivity index is 1.23. The molecule has 0 bridgehead atoms. The predicted molar refractivity (Wildman–Crippen MR) is 174 cm³/mol. The van der Waals surface area contributed by atoms with Crippen molar-refractivity contribution in [3.8, 4) is 16.9 Å². The van der Waals surface area contributed by atoms with E-state index in [1.807, 2.05) is 48.4 Å². The highest BCUT2D eigenvalue weighted by molar-refractivity contribution is 7.92. The summed E-state index contributed by atoms with van der Waals surface area (Å²) in [6.07, 6.45) is 6.06. The second-order valence-corrected chi connectivity index (χ2v) is 13.1. The summed E-state index contributed by atoms with van der Waals surface area (Å²) in [5.41, 5.74) is 7.54. The number of hydrogen-bond donors (Lipinski definition) is 2. The van der Waals surface area contributed by atoms with Gasteiger partial charge in [0.25, 0.3) is 0 Å². The molecule has 0 fully saturated rings. The highest BCUT2D eigenvalue weighted by Crippen LogP contribution is 2.36. The third kappa shape index (κ3) is 8.10. The van der Waals surface area contributed by atoms with Gasteiger partial charge in [0.1, 0.15) is 5.75 Å². The van der Waals surface area contributed by atoms with E-state index in [0.717, 1.165) is 52.1 Å². The molecule has 3 aromatic carbocycles. The van der Waals surface area contributed by atoms with Crippen molar-refractivity contribution in [1.82, 2.24) is 9.78 Å². The zero-order valence-electron chi connectivity index (χ0n) is 25.5. The summed E-state index contributed by atoms with van der Waals surface area (Å²) in [6, 6.07) is 19.0. The lowest BCUT2D eigenvalue weighted by Crippen LogP contribution is -2.35. The Morgan fingerprint density at radius 1 is 1.04 bits per heavy atom. The molecule has 0 unspecified atom stereocenters. The summed E-state index contributed by atoms with van der Waals surface area (Å²) in [4.78, 5) is 26.0. The Bertz CT molecular complexity index is 1800. The molecular formula is C34H38N4O6S. The van der Waals surface area contributed by atoms with E-state index in [9.17, 15) is 18.0 Å². The molecular weight excluding hydrogens is 592 g/mol. The largest absolute Gasteiger partial charge is 0.493 e. The zero-order chi connectivity index (χ0) is 32.0. The number of amides is 1. The Morgan fingerprint density at radius 3 is 2.67 bits per heavy atom. The van der Waals surface area contributed by atoms with Crippen LogP contribution in [0.3, 0.4) is 0 Å². The molecule has 5 rings (SSSR count). The summed E-state index contributed by atoms with van der Waals surface area (Å²) in [7, 11) is -3.78. The van der Waals surface area contributed by atoms with Gasteiger partial charge in [-0.2, -0.15) is 5.10 Å². The van der Waals surface area contributed by atoms with Gasteiger partial charge in [0.15, 0.2) is 0 Å². The van der Waals surface area contributed by atoms with Crippen molar-refractivity contribution in [3.05, 3.63) is 95.3 Å². The summed E-state index contributed by atoms with van der Waals surface area (Å²) in [5, 5.41) is 13.3. The summed E-state index contributed by atoms with van der Waals surface area (Å²) < 4.78 is 34.7. The number of carboxylic acid groups (broad SMARTS) is 1. The molecule has 0 radical (unpaired) electrons. The number of rotatable bonds is 13. The average molecular weight is 631 g/mol. The van der Waals surface area contributed by atoms with Crippen LogP contribution in [0.4, 0.5) is 11.4 Å². The topological polar surface area (TPSA) is 131 Å². The number of benzene rings is 3. The first-order valence-electron chi connectivity index (χ1n) is 15.0. The van der Waals surface area contributed by atoms with E-state index in [0.29, 0.717) is 38.2 Å². The summed E-state index contributed by atoms with van der Waals surface area (Å²) in [5.74, 6) is -0.716. The predicted octanol–water partition coefficient (Wildman–Crippen LogP) is 5.57. The van der Waals surface area contributed by atoms with Gasteiger partial charge in [-0.3, -0.25) is 19.0 Å². The lowest BCUT2D eigenvalue weighted by molar-refractivity contribution is -0.136. The minimum Gasteiger partial charge on any atom is -0.493 e. The molecule has 1 aliphatic heterocycles. The maximum absolute atomic E-state index is 13.3. The van der Waals surface area contributed by atoms with Crippen LogP contribution >= 0.6 is 0 Å². The Morgan fingerprint density at radius 2 is 1.84 bits per heavy atom. The number of aromatic nitrogens is 2. The standard InChI is InChI=1S/C34H38N4O6S/c1-24-8-3-14-32(25(24)2)44-18-7-15-33(39)38-17-6-12-30-29(11-5-13-31(30)38)27-21-35-37(23-27)22-26-9-4-10-28(20-26)36-45(42,43)19-16-34(40)41/h3-5,8-11,13-14,20-21,23,36H,6-7,12,15-19,22H2,1-2H3,(H,40,41). The first-order chi connectivity index (χ1) is 21.6. The van der Waals surface area contributed by atoms with Crippen LogP contribution in [0.5, 0.6) is 5.75 Å². The van der Waals surface area contributed by atoms with E-state index in [4.69, 9.17) is 9.84 Å². The fourth-order valence-electron chi connectivity index (χ4n) is 5.54. The highest BCUT2D eigenvalue weighted by Gasteiger charge is 2.25. The van der Waals surface area contributed by atoms with Gasteiger partial charge in [-0.15, -0.1) is 0 Å². The second-order valence-electron chi connectivity index (χ2n) is 11.3. The molecule has 236 valence electrons. The fraction of sp³-hybridized carbons (Fsp3) is 0.324. The van der Waals surface area contributed by atoms with E-state index in [2.05, 4.69) is 28.9 Å². The van der Waals surface area contributed by atoms with Crippen molar-refractivity contribution in [1.29, 1.82) is 0 Å². The fourth-order valence-corrected chi connectivity index (χ4v) is 6.57. The normalized spacial score (nSPS) is 12.9. The lowest BCUT2D eigenvalue weighted by Gasteiger charge is -2.31. The lowest BCUT2D eigenvalue weighted by atomic mass is 9.93. The molecule has 10 nitrogen and oxygen atoms in total. The minimum atomic E-state index is -3.78. The Labute approximate surface area is 263 Å². The van der Waals surface area contributed by atoms with E-state index in [-0.39, 0.29) is 5.91 Å². The third-order valence-corrected chi connectivity index (χ3v) is 9.26. The van der Waals surface area contributed by atoms with E-state index in [1.54, 1.807) is 29.1 Å². The molecule has 1 aromatic heterocycles. The van der Waals surface area contributed by atoms with Crippen molar-refractivity contribution >= 4 is 33.3 Å². The van der Waals surface area contributed by atoms with Gasteiger partial charge >= 0.3 is 5.97 Å². The van der Waals surface area contributed by atoms with Gasteiger partial charge < -0.3 is 14.7 Å². The molecule has 0 atom stereocenters. The van der Waals surface area contributed by atoms with Crippen molar-refractivity contribution < 1.29 is 27.9 Å². The van der Waals surface area contributed by atoms with E-state index >= 15 is 0 Å². The monoisotopic (exact) mass is 630 g/mol. The number of nitrogens with one attached hydrogen (secondary N) is 1. The van der Waals surface area contributed by atoms with Crippen LogP contribution in [0.15, 0.2) is 73.1 Å². The molecule has 1 aliphatic rings. The number of nitrogens with zero attached hydrogens (tertiary/aromatic N) is 3. The Hall–Kier alpha value is -4.64. The molecule has 2 heterocycles. The van der Waals surface area contributed by atoms with Crippen molar-refractivity contribution in [2.45, 2.75) is 52.5 Å². The van der Waals surface area contributed by atoms with Crippen molar-refractivity contribution in [2.24, 2.45) is 0 Å². The van der Waals surface area contributed by atoms with Gasteiger partial charge in [0.05, 0.1) is 31.5 Å². The average Bonchev–Trinajstić information content (AvgIpc) is 3.47. The summed E-state index contributed by atoms with van der Waals surface area (Å²) in [6.45, 7) is 5.68. The zero-order valence-corrected chi connectivity index (χ0v) is 26.3. The quantitative estimate of drug-likeness (QED) is 0.185. The van der Waals surface area contributed by atoms with Crippen molar-refractivity contribution in [2.75, 3.05) is 28.5 Å². The number of carbonyl (C=O) groups excluding carboxylic acids is 1. The number of aliphatic carboxylic acids is 1. The second kappa shape index (κ2) is 14.0. The molecule has 4 aromatic rings. The number of fused-ring (bicyclic) bond motifs is 1. The summed E-state index contributed by atoms with van der Waals surface area (Å²) >= 11 is 0. The molecule has 0 saturated heterocycles. The SMILES string of the molecule is Cc1cccc(OCCCC(=O)N2CCCc3c(-c4cnn(Cc5cccc(NS(=O)(=O)CCC(=O)O)c5)c4)cccc32)c1C. The number of aryl methyl sites for hydroxylation is 1. The number of carboxylic acids is 1. The molecule has 0 saturated carbocycles. The first-order valence-corrected chi connectivity index (χ1v) is 16.7. The van der Waals surface area contributed by atoms with E-state index in [1.165, 1.54) is 5.56 Å². The number of sulfonamides is 1. The van der Waals surface area contributed by atoms with Gasteiger partial charge in [-0.1, -0.05) is 36.4 Å². The molecule has 0 spiro atoms. The number of anilines is 2. The molecule has 0 aliphatic carbocycles. The maximum atomic E-state index is 13.3. The van der Waals surface area contributed by atoms with Gasteiger partial charge in [-0.25, -0.2) is 8.42 Å². The van der Waals surface area contributed by atoms with Gasteiger partial charge in [0, 0.05) is 36.1 Å². The first kappa shape index (κ1) is 31.8. The molecule has 1 amide bonds. The molecule has 11 heteroatoms. The smallest absolute Gasteiger partial charge is 0.304 e. The maximum Gasteiger partial charge on any atom is 0.304 e. The van der Waals surface area contributed by atoms with Crippen LogP contribution in [0, 0.1) is 13.8 Å². The van der Waals surface area contributed by atoms with Crippen molar-refractivity contribution in [3.63, 3.8) is 0 Å². The minimum absolute atomic E-state index is 0.0897. The van der Waals surface area contributed by atoms with Gasteiger partial charge in [0.2, 0.25) is 15.9 Å². The number of hydrogen-bond acceptors (Lipinski definition) is 6. The number of carbonyl (C=O) groups is 2. The number of ether oxygens (including phenoxy) is 1. The van der Waals surface area contributed by atoms with Crippen LogP contribution in [0.2, 0.25) is 0 Å². The van der Waals surface area contributed by atoms with Crippen LogP contribution < -0.4 is 14.4 Å². The van der Waals surface area contributed by atoms with Gasteiger partial charge in [-0.05, 0) is 85.2 Å².